The molecule has 0 amide bonds. The van der Waals surface area contributed by atoms with E-state index in [1.165, 1.54) is 0 Å². The van der Waals surface area contributed by atoms with E-state index in [9.17, 15) is 5.11 Å². The standard InChI is InChI=1S/C20H16O/c1-13-15-8-5-6-10-18(15)20(2,21)19-16(13)12-11-14-7-3-4-9-17(14)19/h3-12,21H,1H2,2H3. The Kier molecular flexibility index (Phi) is 2.39. The summed E-state index contributed by atoms with van der Waals surface area (Å²) in [6, 6.07) is 20.3. The topological polar surface area (TPSA) is 20.2 Å². The van der Waals surface area contributed by atoms with E-state index in [0.29, 0.717) is 0 Å². The molecule has 1 nitrogen and oxygen atoms in total. The Bertz CT molecular complexity index is 887. The fraction of sp³-hybridized carbons (Fsp3) is 0.100. The summed E-state index contributed by atoms with van der Waals surface area (Å²) in [4.78, 5) is 0. The molecule has 1 heteroatoms. The average molecular weight is 272 g/mol. The van der Waals surface area contributed by atoms with Crippen LogP contribution in [0.25, 0.3) is 16.3 Å². The highest BCUT2D eigenvalue weighted by molar-refractivity contribution is 5.96. The van der Waals surface area contributed by atoms with E-state index in [1.807, 2.05) is 43.3 Å². The van der Waals surface area contributed by atoms with Crippen LogP contribution in [-0.2, 0) is 5.60 Å². The fourth-order valence-corrected chi connectivity index (χ4v) is 3.50. The van der Waals surface area contributed by atoms with Crippen molar-refractivity contribution < 1.29 is 5.11 Å². The van der Waals surface area contributed by atoms with Gasteiger partial charge in [-0.05, 0) is 40.0 Å². The highest BCUT2D eigenvalue weighted by atomic mass is 16.3. The van der Waals surface area contributed by atoms with Crippen molar-refractivity contribution in [1.29, 1.82) is 0 Å². The van der Waals surface area contributed by atoms with Crippen LogP contribution in [0.4, 0.5) is 0 Å². The Labute approximate surface area is 124 Å². The van der Waals surface area contributed by atoms with E-state index >= 15 is 0 Å². The van der Waals surface area contributed by atoms with E-state index < -0.39 is 5.60 Å². The van der Waals surface area contributed by atoms with Crippen molar-refractivity contribution in [1.82, 2.24) is 0 Å². The summed E-state index contributed by atoms with van der Waals surface area (Å²) in [6.07, 6.45) is 0. The third-order valence-corrected chi connectivity index (χ3v) is 4.52. The molecule has 1 unspecified atom stereocenters. The summed E-state index contributed by atoms with van der Waals surface area (Å²) in [7, 11) is 0. The van der Waals surface area contributed by atoms with Gasteiger partial charge in [0.15, 0.2) is 0 Å². The average Bonchev–Trinajstić information content (AvgIpc) is 2.52. The molecule has 0 saturated carbocycles. The Balaban J connectivity index is 2.17. The molecule has 1 N–H and O–H groups in total. The number of rotatable bonds is 0. The first kappa shape index (κ1) is 12.4. The monoisotopic (exact) mass is 272 g/mol. The van der Waals surface area contributed by atoms with Crippen LogP contribution in [0, 0.1) is 0 Å². The molecular weight excluding hydrogens is 256 g/mol. The van der Waals surface area contributed by atoms with Gasteiger partial charge >= 0.3 is 0 Å². The number of benzene rings is 3. The number of fused-ring (bicyclic) bond motifs is 4. The molecule has 1 atom stereocenters. The Morgan fingerprint density at radius 1 is 0.857 bits per heavy atom. The first-order valence-corrected chi connectivity index (χ1v) is 7.14. The van der Waals surface area contributed by atoms with Gasteiger partial charge in [0.05, 0.1) is 0 Å². The first-order chi connectivity index (χ1) is 10.1. The zero-order chi connectivity index (χ0) is 14.6. The third kappa shape index (κ3) is 1.55. The quantitative estimate of drug-likeness (QED) is 0.640. The minimum atomic E-state index is -1.01. The van der Waals surface area contributed by atoms with Crippen LogP contribution in [0.3, 0.4) is 0 Å². The molecule has 3 aromatic rings. The van der Waals surface area contributed by atoms with E-state index in [-0.39, 0.29) is 0 Å². The Hall–Kier alpha value is -2.38. The lowest BCUT2D eigenvalue weighted by molar-refractivity contribution is 0.102. The van der Waals surface area contributed by atoms with Gasteiger partial charge in [0.2, 0.25) is 0 Å². The van der Waals surface area contributed by atoms with Crippen LogP contribution in [0.15, 0.2) is 67.2 Å². The van der Waals surface area contributed by atoms with Gasteiger partial charge < -0.3 is 5.11 Å². The predicted octanol–water partition coefficient (Wildman–Crippen LogP) is 4.47. The van der Waals surface area contributed by atoms with E-state index in [4.69, 9.17) is 0 Å². The van der Waals surface area contributed by atoms with Crippen LogP contribution in [0.1, 0.15) is 29.2 Å². The zero-order valence-corrected chi connectivity index (χ0v) is 11.9. The predicted molar refractivity (Wildman–Crippen MR) is 87.2 cm³/mol. The number of hydrogen-bond acceptors (Lipinski definition) is 1. The van der Waals surface area contributed by atoms with Crippen LogP contribution >= 0.6 is 0 Å². The van der Waals surface area contributed by atoms with Crippen molar-refractivity contribution in [2.24, 2.45) is 0 Å². The van der Waals surface area contributed by atoms with Gasteiger partial charge in [0.25, 0.3) is 0 Å². The number of aliphatic hydroxyl groups is 1. The smallest absolute Gasteiger partial charge is 0.114 e. The number of hydrogen-bond donors (Lipinski definition) is 1. The molecule has 1 aliphatic rings. The largest absolute Gasteiger partial charge is 0.381 e. The van der Waals surface area contributed by atoms with Gasteiger partial charge in [-0.15, -0.1) is 0 Å². The molecule has 0 aromatic heterocycles. The lowest BCUT2D eigenvalue weighted by atomic mass is 9.72. The van der Waals surface area contributed by atoms with Gasteiger partial charge in [-0.3, -0.25) is 0 Å². The van der Waals surface area contributed by atoms with Crippen molar-refractivity contribution in [3.05, 3.63) is 89.5 Å². The molecule has 0 fully saturated rings. The lowest BCUT2D eigenvalue weighted by Gasteiger charge is -2.35. The van der Waals surface area contributed by atoms with Gasteiger partial charge in [0.1, 0.15) is 5.60 Å². The van der Waals surface area contributed by atoms with Crippen LogP contribution in [-0.4, -0.2) is 5.11 Å². The van der Waals surface area contributed by atoms with Gasteiger partial charge in [0, 0.05) is 5.56 Å². The Morgan fingerprint density at radius 3 is 2.43 bits per heavy atom. The highest BCUT2D eigenvalue weighted by Crippen LogP contribution is 2.46. The summed E-state index contributed by atoms with van der Waals surface area (Å²) >= 11 is 0. The third-order valence-electron chi connectivity index (χ3n) is 4.52. The summed E-state index contributed by atoms with van der Waals surface area (Å²) in [5.74, 6) is 0. The molecule has 3 aromatic carbocycles. The normalized spacial score (nSPS) is 20.2. The summed E-state index contributed by atoms with van der Waals surface area (Å²) < 4.78 is 0. The molecule has 0 heterocycles. The molecule has 0 bridgehead atoms. The molecule has 21 heavy (non-hydrogen) atoms. The fourth-order valence-electron chi connectivity index (χ4n) is 3.50. The second-order valence-electron chi connectivity index (χ2n) is 5.81. The van der Waals surface area contributed by atoms with E-state index in [2.05, 4.69) is 30.8 Å². The van der Waals surface area contributed by atoms with Crippen molar-refractivity contribution in [3.8, 4) is 0 Å². The summed E-state index contributed by atoms with van der Waals surface area (Å²) in [5.41, 5.74) is 3.94. The SMILES string of the molecule is C=C1c2ccccc2C(C)(O)c2c1ccc1ccccc21. The molecule has 4 rings (SSSR count). The van der Waals surface area contributed by atoms with Crippen molar-refractivity contribution in [2.45, 2.75) is 12.5 Å². The second-order valence-corrected chi connectivity index (χ2v) is 5.81. The summed E-state index contributed by atoms with van der Waals surface area (Å²) in [6.45, 7) is 6.14. The lowest BCUT2D eigenvalue weighted by Crippen LogP contribution is -2.29. The van der Waals surface area contributed by atoms with Gasteiger partial charge in [-0.1, -0.05) is 67.2 Å². The van der Waals surface area contributed by atoms with Crippen LogP contribution in [0.5, 0.6) is 0 Å². The van der Waals surface area contributed by atoms with Crippen molar-refractivity contribution in [2.75, 3.05) is 0 Å². The first-order valence-electron chi connectivity index (χ1n) is 7.14. The molecule has 1 aliphatic carbocycles. The summed E-state index contributed by atoms with van der Waals surface area (Å²) in [5, 5.41) is 13.5. The minimum Gasteiger partial charge on any atom is -0.381 e. The van der Waals surface area contributed by atoms with Crippen molar-refractivity contribution in [3.63, 3.8) is 0 Å². The second kappa shape index (κ2) is 4.06. The molecular formula is C20H16O. The van der Waals surface area contributed by atoms with E-state index in [1.54, 1.807) is 0 Å². The molecule has 0 spiro atoms. The van der Waals surface area contributed by atoms with Crippen LogP contribution in [0.2, 0.25) is 0 Å². The van der Waals surface area contributed by atoms with Crippen molar-refractivity contribution >= 4 is 16.3 Å². The minimum absolute atomic E-state index is 0.929. The zero-order valence-electron chi connectivity index (χ0n) is 11.9. The maximum absolute atomic E-state index is 11.3. The molecule has 0 aliphatic heterocycles. The highest BCUT2D eigenvalue weighted by Gasteiger charge is 2.37. The molecule has 102 valence electrons. The maximum Gasteiger partial charge on any atom is 0.114 e. The van der Waals surface area contributed by atoms with E-state index in [0.717, 1.165) is 38.6 Å². The molecule has 0 saturated heterocycles. The Morgan fingerprint density at radius 2 is 1.57 bits per heavy atom. The van der Waals surface area contributed by atoms with Gasteiger partial charge in [-0.25, -0.2) is 0 Å². The van der Waals surface area contributed by atoms with Crippen LogP contribution < -0.4 is 0 Å². The molecule has 0 radical (unpaired) electrons. The van der Waals surface area contributed by atoms with Gasteiger partial charge in [-0.2, -0.15) is 0 Å². The maximum atomic E-state index is 11.3.